The van der Waals surface area contributed by atoms with Gasteiger partial charge in [0.1, 0.15) is 11.0 Å². The summed E-state index contributed by atoms with van der Waals surface area (Å²) < 4.78 is 0. The van der Waals surface area contributed by atoms with Crippen LogP contribution >= 0.6 is 11.6 Å². The summed E-state index contributed by atoms with van der Waals surface area (Å²) in [5.41, 5.74) is 5.49. The van der Waals surface area contributed by atoms with Crippen LogP contribution in [0.1, 0.15) is 13.3 Å². The Kier molecular flexibility index (Phi) is 3.89. The Labute approximate surface area is 110 Å². The van der Waals surface area contributed by atoms with Crippen molar-refractivity contribution in [3.05, 3.63) is 11.2 Å². The predicted octanol–water partition coefficient (Wildman–Crippen LogP) is 0.502. The molecule has 18 heavy (non-hydrogen) atoms. The highest BCUT2D eigenvalue weighted by atomic mass is 35.5. The van der Waals surface area contributed by atoms with Crippen molar-refractivity contribution < 1.29 is 10.2 Å². The molecule has 100 valence electrons. The lowest BCUT2D eigenvalue weighted by Crippen LogP contribution is -2.28. The van der Waals surface area contributed by atoms with E-state index in [1.807, 2.05) is 0 Å². The summed E-state index contributed by atoms with van der Waals surface area (Å²) >= 11 is 5.78. The quantitative estimate of drug-likeness (QED) is 0.582. The predicted molar refractivity (Wildman–Crippen MR) is 69.2 cm³/mol. The Bertz CT molecular complexity index is 409. The molecule has 2 rings (SSSR count). The Hall–Kier alpha value is -1.11. The Morgan fingerprint density at radius 1 is 1.56 bits per heavy atom. The third kappa shape index (κ3) is 3.01. The molecule has 0 radical (unpaired) electrons. The van der Waals surface area contributed by atoms with Crippen LogP contribution in [0, 0.1) is 11.8 Å². The largest absolute Gasteiger partial charge is 0.394 e. The Balaban J connectivity index is 2.02. The highest BCUT2D eigenvalue weighted by molar-refractivity contribution is 6.29. The van der Waals surface area contributed by atoms with Crippen LogP contribution in [0.5, 0.6) is 0 Å². The highest BCUT2D eigenvalue weighted by Gasteiger charge is 2.45. The molecular formula is C11H17ClN4O2. The van der Waals surface area contributed by atoms with E-state index in [0.29, 0.717) is 5.82 Å². The number of nitrogens with zero attached hydrogens (tertiary/aromatic N) is 2. The summed E-state index contributed by atoms with van der Waals surface area (Å²) in [7, 11) is 0. The Morgan fingerprint density at radius 2 is 2.28 bits per heavy atom. The molecule has 0 amide bonds. The minimum absolute atomic E-state index is 0.0323. The number of anilines is 2. The molecule has 1 aromatic rings. The molecule has 0 aliphatic heterocycles. The first-order valence-corrected chi connectivity index (χ1v) is 6.24. The van der Waals surface area contributed by atoms with E-state index in [9.17, 15) is 10.2 Å². The van der Waals surface area contributed by atoms with E-state index < -0.39 is 0 Å². The van der Waals surface area contributed by atoms with Crippen LogP contribution < -0.4 is 11.1 Å². The van der Waals surface area contributed by atoms with Crippen molar-refractivity contribution in [2.75, 3.05) is 17.7 Å². The van der Waals surface area contributed by atoms with Gasteiger partial charge in [0.15, 0.2) is 0 Å². The molecule has 0 saturated heterocycles. The average Bonchev–Trinajstić information content (AvgIpc) is 3.04. The zero-order valence-electron chi connectivity index (χ0n) is 10.0. The second kappa shape index (κ2) is 5.26. The van der Waals surface area contributed by atoms with Crippen LogP contribution in [0.4, 0.5) is 11.8 Å². The lowest BCUT2D eigenvalue weighted by Gasteiger charge is -2.17. The summed E-state index contributed by atoms with van der Waals surface area (Å²) in [5, 5.41) is 22.2. The SMILES string of the molecule is CC(O)C1CC1C(CO)Nc1cc(Cl)nc(N)n1. The second-order valence-corrected chi connectivity index (χ2v) is 5.06. The third-order valence-electron chi connectivity index (χ3n) is 3.27. The van der Waals surface area contributed by atoms with Gasteiger partial charge in [-0.05, 0) is 25.2 Å². The lowest BCUT2D eigenvalue weighted by molar-refractivity contribution is 0.158. The van der Waals surface area contributed by atoms with E-state index in [4.69, 9.17) is 17.3 Å². The molecule has 4 atom stereocenters. The van der Waals surface area contributed by atoms with E-state index in [2.05, 4.69) is 15.3 Å². The second-order valence-electron chi connectivity index (χ2n) is 4.67. The standard InChI is InChI=1S/C11H17ClN4O2/c1-5(18)6-2-7(6)8(4-17)14-10-3-9(12)15-11(13)16-10/h3,5-8,17-18H,2,4H2,1H3,(H3,13,14,15,16). The summed E-state index contributed by atoms with van der Waals surface area (Å²) in [4.78, 5) is 7.76. The van der Waals surface area contributed by atoms with Gasteiger partial charge in [-0.2, -0.15) is 4.98 Å². The van der Waals surface area contributed by atoms with Gasteiger partial charge in [-0.25, -0.2) is 4.98 Å². The molecule has 5 N–H and O–H groups in total. The number of nitrogens with two attached hydrogens (primary N) is 1. The van der Waals surface area contributed by atoms with Crippen LogP contribution in [-0.4, -0.2) is 38.9 Å². The maximum Gasteiger partial charge on any atom is 0.223 e. The average molecular weight is 273 g/mol. The molecule has 7 heteroatoms. The summed E-state index contributed by atoms with van der Waals surface area (Å²) in [5.74, 6) is 1.04. The first kappa shape index (κ1) is 13.3. The fourth-order valence-electron chi connectivity index (χ4n) is 2.24. The zero-order valence-corrected chi connectivity index (χ0v) is 10.8. The summed E-state index contributed by atoms with van der Waals surface area (Å²) in [6, 6.07) is 1.40. The van der Waals surface area contributed by atoms with Gasteiger partial charge in [0, 0.05) is 6.07 Å². The molecule has 0 spiro atoms. The smallest absolute Gasteiger partial charge is 0.223 e. The molecule has 1 aromatic heterocycles. The molecule has 1 heterocycles. The number of hydrogen-bond acceptors (Lipinski definition) is 6. The van der Waals surface area contributed by atoms with Crippen molar-refractivity contribution >= 4 is 23.4 Å². The van der Waals surface area contributed by atoms with Gasteiger partial charge in [0.05, 0.1) is 18.8 Å². The zero-order chi connectivity index (χ0) is 13.3. The first-order valence-electron chi connectivity index (χ1n) is 5.86. The van der Waals surface area contributed by atoms with Gasteiger partial charge in [-0.15, -0.1) is 0 Å². The number of aliphatic hydroxyl groups is 2. The number of nitrogen functional groups attached to an aromatic ring is 1. The minimum atomic E-state index is -0.357. The van der Waals surface area contributed by atoms with Crippen molar-refractivity contribution in [2.45, 2.75) is 25.5 Å². The van der Waals surface area contributed by atoms with Gasteiger partial charge in [0.2, 0.25) is 5.95 Å². The van der Waals surface area contributed by atoms with Crippen LogP contribution in [0.3, 0.4) is 0 Å². The van der Waals surface area contributed by atoms with Crippen LogP contribution in [0.25, 0.3) is 0 Å². The fraction of sp³-hybridized carbons (Fsp3) is 0.636. The van der Waals surface area contributed by atoms with Gasteiger partial charge < -0.3 is 21.3 Å². The van der Waals surface area contributed by atoms with E-state index >= 15 is 0 Å². The van der Waals surface area contributed by atoms with E-state index in [0.717, 1.165) is 6.42 Å². The monoisotopic (exact) mass is 272 g/mol. The first-order chi connectivity index (χ1) is 8.51. The van der Waals surface area contributed by atoms with E-state index in [1.54, 1.807) is 13.0 Å². The van der Waals surface area contributed by atoms with Crippen molar-refractivity contribution in [1.29, 1.82) is 0 Å². The lowest BCUT2D eigenvalue weighted by atomic mass is 10.1. The number of aromatic nitrogens is 2. The van der Waals surface area contributed by atoms with Crippen molar-refractivity contribution in [2.24, 2.45) is 11.8 Å². The molecular weight excluding hydrogens is 256 g/mol. The normalized spacial score (nSPS) is 25.6. The summed E-state index contributed by atoms with van der Waals surface area (Å²) in [6.45, 7) is 1.73. The maximum atomic E-state index is 9.49. The topological polar surface area (TPSA) is 104 Å². The maximum absolute atomic E-state index is 9.49. The molecule has 1 aliphatic rings. The highest BCUT2D eigenvalue weighted by Crippen LogP contribution is 2.44. The van der Waals surface area contributed by atoms with Crippen LogP contribution in [0.15, 0.2) is 6.07 Å². The molecule has 1 fully saturated rings. The molecule has 4 unspecified atom stereocenters. The van der Waals surface area contributed by atoms with E-state index in [1.165, 1.54) is 0 Å². The number of hydrogen-bond donors (Lipinski definition) is 4. The van der Waals surface area contributed by atoms with Crippen molar-refractivity contribution in [3.63, 3.8) is 0 Å². The molecule has 6 nitrogen and oxygen atoms in total. The molecule has 0 bridgehead atoms. The number of rotatable bonds is 5. The molecule has 1 saturated carbocycles. The van der Waals surface area contributed by atoms with Crippen molar-refractivity contribution in [3.8, 4) is 0 Å². The summed E-state index contributed by atoms with van der Waals surface area (Å²) in [6.07, 6.45) is 0.536. The van der Waals surface area contributed by atoms with Crippen LogP contribution in [-0.2, 0) is 0 Å². The fourth-order valence-corrected chi connectivity index (χ4v) is 2.43. The van der Waals surface area contributed by atoms with Gasteiger partial charge >= 0.3 is 0 Å². The number of aliphatic hydroxyl groups excluding tert-OH is 2. The Morgan fingerprint density at radius 3 is 2.78 bits per heavy atom. The van der Waals surface area contributed by atoms with Gasteiger partial charge in [0.25, 0.3) is 0 Å². The van der Waals surface area contributed by atoms with Gasteiger partial charge in [-0.1, -0.05) is 11.6 Å². The third-order valence-corrected chi connectivity index (χ3v) is 3.46. The molecule has 0 aromatic carbocycles. The van der Waals surface area contributed by atoms with Crippen LogP contribution in [0.2, 0.25) is 5.15 Å². The van der Waals surface area contributed by atoms with Crippen molar-refractivity contribution in [1.82, 2.24) is 9.97 Å². The minimum Gasteiger partial charge on any atom is -0.394 e. The van der Waals surface area contributed by atoms with E-state index in [-0.39, 0.29) is 41.7 Å². The molecule has 1 aliphatic carbocycles. The number of nitrogens with one attached hydrogen (secondary N) is 1. The van der Waals surface area contributed by atoms with Gasteiger partial charge in [-0.3, -0.25) is 0 Å². The number of halogens is 1.